The van der Waals surface area contributed by atoms with E-state index in [4.69, 9.17) is 0 Å². The van der Waals surface area contributed by atoms with Crippen molar-refractivity contribution in [3.8, 4) is 0 Å². The van der Waals surface area contributed by atoms with Gasteiger partial charge in [0.15, 0.2) is 4.34 Å². The van der Waals surface area contributed by atoms with Gasteiger partial charge in [-0.1, -0.05) is 45.1 Å². The molecule has 5 nitrogen and oxygen atoms in total. The lowest BCUT2D eigenvalue weighted by Crippen LogP contribution is -2.13. The van der Waals surface area contributed by atoms with E-state index in [-0.39, 0.29) is 5.91 Å². The largest absolute Gasteiger partial charge is 0.358 e. The molecule has 2 N–H and O–H groups in total. The molecular weight excluding hydrogens is 372 g/mol. The lowest BCUT2D eigenvalue weighted by molar-refractivity contribution is -0.113. The van der Waals surface area contributed by atoms with E-state index in [2.05, 4.69) is 36.8 Å². The summed E-state index contributed by atoms with van der Waals surface area (Å²) < 4.78 is 1.71. The van der Waals surface area contributed by atoms with Crippen LogP contribution < -0.4 is 10.6 Å². The molecule has 0 spiro atoms. The van der Waals surface area contributed by atoms with Crippen molar-refractivity contribution in [2.75, 3.05) is 16.4 Å². The van der Waals surface area contributed by atoms with Gasteiger partial charge in [-0.05, 0) is 32.0 Å². The van der Waals surface area contributed by atoms with Crippen LogP contribution in [0.3, 0.4) is 0 Å². The van der Waals surface area contributed by atoms with Crippen molar-refractivity contribution in [3.05, 3.63) is 28.7 Å². The molecule has 0 saturated carbocycles. The van der Waals surface area contributed by atoms with Crippen molar-refractivity contribution in [2.24, 2.45) is 0 Å². The lowest BCUT2D eigenvalue weighted by atomic mass is 10.3. The number of nitrogens with one attached hydrogen (secondary N) is 2. The molecule has 0 unspecified atom stereocenters. The third-order valence-electron chi connectivity index (χ3n) is 2.25. The van der Waals surface area contributed by atoms with Crippen LogP contribution >= 0.6 is 39.0 Å². The Balaban J connectivity index is 1.82. The monoisotopic (exact) mass is 386 g/mol. The third-order valence-corrected chi connectivity index (χ3v) is 4.73. The first-order valence-corrected chi connectivity index (χ1v) is 8.90. The number of benzene rings is 1. The van der Waals surface area contributed by atoms with Crippen molar-refractivity contribution >= 4 is 55.8 Å². The fraction of sp³-hybridized carbons (Fsp3) is 0.308. The molecule has 2 rings (SSSR count). The van der Waals surface area contributed by atoms with Crippen molar-refractivity contribution in [2.45, 2.75) is 24.2 Å². The average molecular weight is 387 g/mol. The number of anilines is 2. The first-order chi connectivity index (χ1) is 10.0. The zero-order valence-electron chi connectivity index (χ0n) is 11.6. The quantitative estimate of drug-likeness (QED) is 0.737. The SMILES string of the molecule is CC(C)Nc1nnc(SCC(=O)Nc2cccc(Br)c2)s1. The fourth-order valence-corrected chi connectivity index (χ4v) is 3.56. The van der Waals surface area contributed by atoms with Gasteiger partial charge in [-0.25, -0.2) is 0 Å². The summed E-state index contributed by atoms with van der Waals surface area (Å²) in [5.74, 6) is 0.245. The summed E-state index contributed by atoms with van der Waals surface area (Å²) in [5.41, 5.74) is 0.773. The minimum absolute atomic E-state index is 0.0633. The highest BCUT2D eigenvalue weighted by molar-refractivity contribution is 9.10. The second kappa shape index (κ2) is 7.77. The normalized spacial score (nSPS) is 10.7. The maximum Gasteiger partial charge on any atom is 0.234 e. The van der Waals surface area contributed by atoms with Gasteiger partial charge >= 0.3 is 0 Å². The minimum Gasteiger partial charge on any atom is -0.358 e. The molecule has 0 fully saturated rings. The Morgan fingerprint density at radius 1 is 1.43 bits per heavy atom. The van der Waals surface area contributed by atoms with E-state index in [0.29, 0.717) is 11.8 Å². The number of carbonyl (C=O) groups is 1. The van der Waals surface area contributed by atoms with E-state index in [1.54, 1.807) is 0 Å². The van der Waals surface area contributed by atoms with Crippen LogP contribution in [0.15, 0.2) is 33.1 Å². The van der Waals surface area contributed by atoms with Gasteiger partial charge < -0.3 is 10.6 Å². The van der Waals surface area contributed by atoms with Crippen LogP contribution in [-0.4, -0.2) is 27.9 Å². The van der Waals surface area contributed by atoms with E-state index >= 15 is 0 Å². The molecule has 0 aliphatic heterocycles. The number of thioether (sulfide) groups is 1. The molecule has 8 heteroatoms. The summed E-state index contributed by atoms with van der Waals surface area (Å²) in [6.07, 6.45) is 0. The first-order valence-electron chi connectivity index (χ1n) is 6.31. The van der Waals surface area contributed by atoms with Gasteiger partial charge in [0.05, 0.1) is 5.75 Å². The second-order valence-corrected chi connectivity index (χ2v) is 7.64. The van der Waals surface area contributed by atoms with Crippen LogP contribution in [0, 0.1) is 0 Å². The Labute approximate surface area is 140 Å². The third kappa shape index (κ3) is 5.64. The number of aromatic nitrogens is 2. The van der Waals surface area contributed by atoms with Gasteiger partial charge in [0.1, 0.15) is 0 Å². The van der Waals surface area contributed by atoms with Crippen LogP contribution in [0.1, 0.15) is 13.8 Å². The average Bonchev–Trinajstić information content (AvgIpc) is 2.83. The van der Waals surface area contributed by atoms with Crippen molar-refractivity contribution < 1.29 is 4.79 Å². The molecule has 112 valence electrons. The Hall–Kier alpha value is -1.12. The molecule has 0 bridgehead atoms. The van der Waals surface area contributed by atoms with Crippen molar-refractivity contribution in [1.29, 1.82) is 0 Å². The van der Waals surface area contributed by atoms with Crippen LogP contribution in [0.5, 0.6) is 0 Å². The molecule has 0 saturated heterocycles. The standard InChI is InChI=1S/C13H15BrN4OS2/c1-8(2)15-12-17-18-13(21-12)20-7-11(19)16-10-5-3-4-9(14)6-10/h3-6,8H,7H2,1-2H3,(H,15,17)(H,16,19). The molecule has 0 aliphatic carbocycles. The van der Waals surface area contributed by atoms with Crippen LogP contribution in [-0.2, 0) is 4.79 Å². The van der Waals surface area contributed by atoms with Gasteiger partial charge in [0, 0.05) is 16.2 Å². The van der Waals surface area contributed by atoms with E-state index in [0.717, 1.165) is 19.6 Å². The number of nitrogens with zero attached hydrogens (tertiary/aromatic N) is 2. The predicted octanol–water partition coefficient (Wildman–Crippen LogP) is 3.85. The molecule has 1 aromatic heterocycles. The maximum absolute atomic E-state index is 11.9. The Bertz CT molecular complexity index is 618. The summed E-state index contributed by atoms with van der Waals surface area (Å²) >= 11 is 6.21. The Kier molecular flexibility index (Phi) is 6.01. The van der Waals surface area contributed by atoms with E-state index in [1.165, 1.54) is 23.1 Å². The van der Waals surface area contributed by atoms with Gasteiger partial charge in [-0.15, -0.1) is 10.2 Å². The van der Waals surface area contributed by atoms with Crippen LogP contribution in [0.2, 0.25) is 0 Å². The molecule has 2 aromatic rings. The number of amides is 1. The zero-order valence-corrected chi connectivity index (χ0v) is 14.8. The highest BCUT2D eigenvalue weighted by atomic mass is 79.9. The van der Waals surface area contributed by atoms with Gasteiger partial charge in [-0.3, -0.25) is 4.79 Å². The minimum atomic E-state index is -0.0633. The number of halogens is 1. The van der Waals surface area contributed by atoms with Crippen LogP contribution in [0.4, 0.5) is 10.8 Å². The molecule has 1 aromatic carbocycles. The van der Waals surface area contributed by atoms with Crippen molar-refractivity contribution in [1.82, 2.24) is 10.2 Å². The Morgan fingerprint density at radius 2 is 2.24 bits per heavy atom. The lowest BCUT2D eigenvalue weighted by Gasteiger charge is -2.04. The van der Waals surface area contributed by atoms with Crippen LogP contribution in [0.25, 0.3) is 0 Å². The molecule has 0 atom stereocenters. The molecule has 1 amide bonds. The van der Waals surface area contributed by atoms with E-state index in [9.17, 15) is 4.79 Å². The number of hydrogen-bond acceptors (Lipinski definition) is 6. The highest BCUT2D eigenvalue weighted by Gasteiger charge is 2.09. The first kappa shape index (κ1) is 16.3. The number of rotatable bonds is 6. The smallest absolute Gasteiger partial charge is 0.234 e. The topological polar surface area (TPSA) is 66.9 Å². The predicted molar refractivity (Wildman–Crippen MR) is 92.2 cm³/mol. The van der Waals surface area contributed by atoms with E-state index in [1.807, 2.05) is 38.1 Å². The second-order valence-electron chi connectivity index (χ2n) is 4.52. The Morgan fingerprint density at radius 3 is 2.95 bits per heavy atom. The molecule has 1 heterocycles. The zero-order chi connectivity index (χ0) is 15.2. The summed E-state index contributed by atoms with van der Waals surface area (Å²) in [6, 6.07) is 7.81. The van der Waals surface area contributed by atoms with Gasteiger partial charge in [0.2, 0.25) is 11.0 Å². The van der Waals surface area contributed by atoms with E-state index < -0.39 is 0 Å². The fourth-order valence-electron chi connectivity index (χ4n) is 1.46. The maximum atomic E-state index is 11.9. The number of hydrogen-bond donors (Lipinski definition) is 2. The van der Waals surface area contributed by atoms with Gasteiger partial charge in [-0.2, -0.15) is 0 Å². The van der Waals surface area contributed by atoms with Crippen molar-refractivity contribution in [3.63, 3.8) is 0 Å². The molecular formula is C13H15BrN4OS2. The molecule has 0 aliphatic rings. The summed E-state index contributed by atoms with van der Waals surface area (Å²) in [5, 5.41) is 14.9. The summed E-state index contributed by atoms with van der Waals surface area (Å²) in [4.78, 5) is 11.9. The van der Waals surface area contributed by atoms with Gasteiger partial charge in [0.25, 0.3) is 0 Å². The summed E-state index contributed by atoms with van der Waals surface area (Å²) in [6.45, 7) is 4.08. The molecule has 21 heavy (non-hydrogen) atoms. The number of carbonyl (C=O) groups excluding carboxylic acids is 1. The summed E-state index contributed by atoms with van der Waals surface area (Å²) in [7, 11) is 0. The highest BCUT2D eigenvalue weighted by Crippen LogP contribution is 2.26. The molecule has 0 radical (unpaired) electrons.